The molecule has 0 heterocycles. The van der Waals surface area contributed by atoms with Crippen LogP contribution in [0, 0.1) is 17.6 Å². The molecule has 0 aliphatic rings. The Kier molecular flexibility index (Phi) is 6.64. The maximum absolute atomic E-state index is 13.3. The summed E-state index contributed by atoms with van der Waals surface area (Å²) in [5, 5.41) is 10.8. The van der Waals surface area contributed by atoms with Crippen molar-refractivity contribution in [2.24, 2.45) is 5.92 Å². The summed E-state index contributed by atoms with van der Waals surface area (Å²) in [4.78, 5) is 12.1. The number of hydrogen-bond acceptors (Lipinski definition) is 3. The Bertz CT molecular complexity index is 772. The van der Waals surface area contributed by atoms with Gasteiger partial charge in [-0.05, 0) is 29.2 Å². The van der Waals surface area contributed by atoms with Crippen molar-refractivity contribution in [2.75, 3.05) is 0 Å². The number of hydrogen-bond donors (Lipinski definition) is 1. The molecule has 0 aromatic heterocycles. The summed E-state index contributed by atoms with van der Waals surface area (Å²) < 4.78 is 31.5. The van der Waals surface area contributed by atoms with Gasteiger partial charge in [0.2, 0.25) is 0 Å². The molecule has 2 rings (SSSR count). The van der Waals surface area contributed by atoms with Crippen molar-refractivity contribution in [3.63, 3.8) is 0 Å². The fraction of sp³-hybridized carbons (Fsp3) is 0.286. The lowest BCUT2D eigenvalue weighted by molar-refractivity contribution is -0.150. The average Bonchev–Trinajstić information content (AvgIpc) is 2.62. The van der Waals surface area contributed by atoms with Crippen molar-refractivity contribution in [1.82, 2.24) is 0 Å². The van der Waals surface area contributed by atoms with Crippen LogP contribution in [0.4, 0.5) is 8.78 Å². The average molecular weight is 360 g/mol. The molecule has 0 radical (unpaired) electrons. The van der Waals surface area contributed by atoms with Crippen molar-refractivity contribution in [1.29, 1.82) is 0 Å². The molecule has 3 nitrogen and oxygen atoms in total. The Hall–Kier alpha value is -2.53. The summed E-state index contributed by atoms with van der Waals surface area (Å²) in [5.74, 6) is -2.73. The number of halogens is 2. The molecule has 26 heavy (non-hydrogen) atoms. The number of ether oxygens (including phenoxy) is 1. The summed E-state index contributed by atoms with van der Waals surface area (Å²) in [6.07, 6.45) is 2.65. The molecular formula is C21H22F2O3. The van der Waals surface area contributed by atoms with E-state index < -0.39 is 23.2 Å². The largest absolute Gasteiger partial charge is 0.461 e. The van der Waals surface area contributed by atoms with Crippen LogP contribution in [-0.4, -0.2) is 16.7 Å². The zero-order valence-electron chi connectivity index (χ0n) is 14.8. The molecule has 1 unspecified atom stereocenters. The Morgan fingerprint density at radius 2 is 1.85 bits per heavy atom. The van der Waals surface area contributed by atoms with E-state index in [1.807, 2.05) is 30.3 Å². The van der Waals surface area contributed by atoms with Gasteiger partial charge in [-0.3, -0.25) is 4.79 Å². The van der Waals surface area contributed by atoms with Gasteiger partial charge < -0.3 is 9.84 Å². The topological polar surface area (TPSA) is 46.5 Å². The van der Waals surface area contributed by atoms with Crippen LogP contribution in [0.2, 0.25) is 0 Å². The highest BCUT2D eigenvalue weighted by molar-refractivity contribution is 5.71. The number of benzene rings is 2. The zero-order valence-corrected chi connectivity index (χ0v) is 14.8. The SMILES string of the molecule is CC(C)C(O)(C=Cc1ccc(F)c(F)c1)CC(=O)OCc1ccccc1. The second kappa shape index (κ2) is 8.72. The van der Waals surface area contributed by atoms with Crippen molar-refractivity contribution < 1.29 is 23.4 Å². The third-order valence-corrected chi connectivity index (χ3v) is 4.18. The van der Waals surface area contributed by atoms with Crippen molar-refractivity contribution in [2.45, 2.75) is 32.5 Å². The Balaban J connectivity index is 2.04. The number of rotatable bonds is 7. The first-order valence-corrected chi connectivity index (χ1v) is 8.36. The van der Waals surface area contributed by atoms with Gasteiger partial charge in [-0.15, -0.1) is 0 Å². The second-order valence-corrected chi connectivity index (χ2v) is 6.48. The fourth-order valence-electron chi connectivity index (χ4n) is 2.33. The monoisotopic (exact) mass is 360 g/mol. The number of carbonyl (C=O) groups excluding carboxylic acids is 1. The lowest BCUT2D eigenvalue weighted by Crippen LogP contribution is -2.35. The maximum Gasteiger partial charge on any atom is 0.309 e. The Labute approximate surface area is 151 Å². The molecule has 5 heteroatoms. The molecule has 1 N–H and O–H groups in total. The number of carbonyl (C=O) groups is 1. The highest BCUT2D eigenvalue weighted by Crippen LogP contribution is 2.25. The zero-order chi connectivity index (χ0) is 19.2. The van der Waals surface area contributed by atoms with Crippen LogP contribution in [0.3, 0.4) is 0 Å². The minimum Gasteiger partial charge on any atom is -0.461 e. The van der Waals surface area contributed by atoms with Gasteiger partial charge in [0.25, 0.3) is 0 Å². The van der Waals surface area contributed by atoms with Gasteiger partial charge in [0.15, 0.2) is 11.6 Å². The van der Waals surface area contributed by atoms with E-state index in [0.29, 0.717) is 5.56 Å². The van der Waals surface area contributed by atoms with E-state index in [2.05, 4.69) is 0 Å². The van der Waals surface area contributed by atoms with Gasteiger partial charge in [0, 0.05) is 0 Å². The highest BCUT2D eigenvalue weighted by atomic mass is 19.2. The van der Waals surface area contributed by atoms with Gasteiger partial charge >= 0.3 is 5.97 Å². The van der Waals surface area contributed by atoms with Gasteiger partial charge in [0.1, 0.15) is 6.61 Å². The summed E-state index contributed by atoms with van der Waals surface area (Å²) in [7, 11) is 0. The summed E-state index contributed by atoms with van der Waals surface area (Å²) >= 11 is 0. The summed E-state index contributed by atoms with van der Waals surface area (Å²) in [5.41, 5.74) is -0.217. The minimum atomic E-state index is -1.46. The lowest BCUT2D eigenvalue weighted by Gasteiger charge is -2.28. The molecule has 2 aromatic carbocycles. The first-order chi connectivity index (χ1) is 12.3. The molecule has 138 valence electrons. The molecule has 0 saturated carbocycles. The quantitative estimate of drug-likeness (QED) is 0.740. The summed E-state index contributed by atoms with van der Waals surface area (Å²) in [6.45, 7) is 3.65. The lowest BCUT2D eigenvalue weighted by atomic mass is 9.86. The molecule has 0 spiro atoms. The van der Waals surface area contributed by atoms with Crippen LogP contribution < -0.4 is 0 Å². The smallest absolute Gasteiger partial charge is 0.309 e. The molecule has 0 aliphatic heterocycles. The van der Waals surface area contributed by atoms with Crippen LogP contribution >= 0.6 is 0 Å². The number of esters is 1. The standard InChI is InChI=1S/C21H22F2O3/c1-15(2)21(25,11-10-16-8-9-18(22)19(23)12-16)13-20(24)26-14-17-6-4-3-5-7-17/h3-12,15,25H,13-14H2,1-2H3. The second-order valence-electron chi connectivity index (χ2n) is 6.48. The molecule has 1 atom stereocenters. The van der Waals surface area contributed by atoms with Crippen molar-refractivity contribution in [3.8, 4) is 0 Å². The molecule has 0 saturated heterocycles. The third-order valence-electron chi connectivity index (χ3n) is 4.18. The molecule has 2 aromatic rings. The van der Waals surface area contributed by atoms with Crippen molar-refractivity contribution in [3.05, 3.63) is 77.4 Å². The van der Waals surface area contributed by atoms with E-state index in [9.17, 15) is 18.7 Å². The van der Waals surface area contributed by atoms with Gasteiger partial charge in [0.05, 0.1) is 12.0 Å². The normalized spacial score (nSPS) is 13.8. The first-order valence-electron chi connectivity index (χ1n) is 8.36. The highest BCUT2D eigenvalue weighted by Gasteiger charge is 2.31. The minimum absolute atomic E-state index is 0.126. The molecule has 0 fully saturated rings. The van der Waals surface area contributed by atoms with E-state index in [0.717, 1.165) is 17.7 Å². The first kappa shape index (κ1) is 19.8. The predicted octanol–water partition coefficient (Wildman–Crippen LogP) is 4.50. The van der Waals surface area contributed by atoms with Crippen LogP contribution in [0.5, 0.6) is 0 Å². The number of aliphatic hydroxyl groups is 1. The molecule has 0 bridgehead atoms. The maximum atomic E-state index is 13.3. The van der Waals surface area contributed by atoms with Crippen LogP contribution in [-0.2, 0) is 16.1 Å². The van der Waals surface area contributed by atoms with E-state index in [-0.39, 0.29) is 18.9 Å². The van der Waals surface area contributed by atoms with Gasteiger partial charge in [-0.1, -0.05) is 62.4 Å². The molecule has 0 amide bonds. The molecule has 0 aliphatic carbocycles. The van der Waals surface area contributed by atoms with Crippen LogP contribution in [0.25, 0.3) is 6.08 Å². The molecular weight excluding hydrogens is 338 g/mol. The fourth-order valence-corrected chi connectivity index (χ4v) is 2.33. The van der Waals surface area contributed by atoms with E-state index in [1.54, 1.807) is 13.8 Å². The predicted molar refractivity (Wildman–Crippen MR) is 96.0 cm³/mol. The Morgan fingerprint density at radius 1 is 1.15 bits per heavy atom. The van der Waals surface area contributed by atoms with Crippen LogP contribution in [0.1, 0.15) is 31.4 Å². The summed E-state index contributed by atoms with van der Waals surface area (Å²) in [6, 6.07) is 12.7. The Morgan fingerprint density at radius 3 is 2.46 bits per heavy atom. The van der Waals surface area contributed by atoms with E-state index in [4.69, 9.17) is 4.74 Å². The van der Waals surface area contributed by atoms with E-state index >= 15 is 0 Å². The third kappa shape index (κ3) is 5.49. The van der Waals surface area contributed by atoms with E-state index in [1.165, 1.54) is 18.2 Å². The van der Waals surface area contributed by atoms with Gasteiger partial charge in [-0.2, -0.15) is 0 Å². The van der Waals surface area contributed by atoms with Crippen molar-refractivity contribution >= 4 is 12.0 Å². The van der Waals surface area contributed by atoms with Crippen LogP contribution in [0.15, 0.2) is 54.6 Å². The van der Waals surface area contributed by atoms with Gasteiger partial charge in [-0.25, -0.2) is 8.78 Å².